The molecule has 0 atom stereocenters. The van der Waals surface area contributed by atoms with E-state index >= 15 is 0 Å². The Labute approximate surface area is 119 Å². The Hall–Kier alpha value is -1.59. The van der Waals surface area contributed by atoms with Crippen LogP contribution in [0.25, 0.3) is 0 Å². The van der Waals surface area contributed by atoms with Gasteiger partial charge in [-0.15, -0.1) is 11.3 Å². The zero-order chi connectivity index (χ0) is 13.4. The lowest BCUT2D eigenvalue weighted by molar-refractivity contribution is 0.256. The van der Waals surface area contributed by atoms with Gasteiger partial charge in [0.15, 0.2) is 5.13 Å². The molecule has 0 unspecified atom stereocenters. The lowest BCUT2D eigenvalue weighted by Gasteiger charge is -2.17. The molecule has 1 fully saturated rings. The summed E-state index contributed by atoms with van der Waals surface area (Å²) >= 11 is 7.37. The normalized spacial score (nSPS) is 14.4. The van der Waals surface area contributed by atoms with Gasteiger partial charge in [-0.1, -0.05) is 11.6 Å². The van der Waals surface area contributed by atoms with Crippen LogP contribution < -0.4 is 10.6 Å². The van der Waals surface area contributed by atoms with Crippen molar-refractivity contribution in [2.75, 3.05) is 4.90 Å². The number of hydrogen-bond donors (Lipinski definition) is 1. The first-order valence-corrected chi connectivity index (χ1v) is 7.15. The van der Waals surface area contributed by atoms with Crippen LogP contribution in [0.15, 0.2) is 30.5 Å². The Morgan fingerprint density at radius 2 is 2.05 bits per heavy atom. The number of hydrogen-bond acceptors (Lipinski definition) is 3. The summed E-state index contributed by atoms with van der Waals surface area (Å²) in [6.07, 6.45) is 4.25. The number of nitrogens with two attached hydrogens (primary N) is 1. The predicted octanol–water partition coefficient (Wildman–Crippen LogP) is 3.89. The highest BCUT2D eigenvalue weighted by atomic mass is 35.5. The molecule has 1 aromatic heterocycles. The molecule has 1 aromatic carbocycles. The number of urea groups is 1. The number of primary amides is 1. The molecule has 0 saturated heterocycles. The van der Waals surface area contributed by atoms with Crippen molar-refractivity contribution in [1.29, 1.82) is 0 Å². The molecule has 98 valence electrons. The van der Waals surface area contributed by atoms with Crippen LogP contribution in [0.5, 0.6) is 0 Å². The standard InChI is InChI=1S/C13H12ClN3OS/c14-9-3-5-10(6-4-9)17(12(15)18)13-16-7-11(19-13)8-1-2-8/h3-8H,1-2H2,(H2,15,18). The van der Waals surface area contributed by atoms with E-state index in [1.165, 1.54) is 34.0 Å². The number of aromatic nitrogens is 1. The van der Waals surface area contributed by atoms with Crippen molar-refractivity contribution in [2.45, 2.75) is 18.8 Å². The van der Waals surface area contributed by atoms with Crippen LogP contribution in [0.1, 0.15) is 23.6 Å². The Kier molecular flexibility index (Phi) is 3.16. The van der Waals surface area contributed by atoms with Gasteiger partial charge in [0, 0.05) is 16.1 Å². The first-order chi connectivity index (χ1) is 9.15. The zero-order valence-corrected chi connectivity index (χ0v) is 11.6. The van der Waals surface area contributed by atoms with Gasteiger partial charge in [-0.2, -0.15) is 0 Å². The summed E-state index contributed by atoms with van der Waals surface area (Å²) in [7, 11) is 0. The van der Waals surface area contributed by atoms with E-state index < -0.39 is 6.03 Å². The molecule has 0 radical (unpaired) electrons. The summed E-state index contributed by atoms with van der Waals surface area (Å²) in [5, 5.41) is 1.22. The van der Waals surface area contributed by atoms with E-state index in [0.29, 0.717) is 21.8 Å². The van der Waals surface area contributed by atoms with Crippen molar-refractivity contribution in [3.05, 3.63) is 40.4 Å². The van der Waals surface area contributed by atoms with E-state index in [1.807, 2.05) is 6.20 Å². The molecule has 6 heteroatoms. The minimum absolute atomic E-state index is 0.543. The lowest BCUT2D eigenvalue weighted by atomic mass is 10.3. The van der Waals surface area contributed by atoms with Crippen LogP contribution in [0, 0.1) is 0 Å². The summed E-state index contributed by atoms with van der Waals surface area (Å²) in [6.45, 7) is 0. The maximum absolute atomic E-state index is 11.7. The minimum atomic E-state index is -0.543. The number of thiazole rings is 1. The minimum Gasteiger partial charge on any atom is -0.351 e. The highest BCUT2D eigenvalue weighted by Crippen LogP contribution is 2.44. The summed E-state index contributed by atoms with van der Waals surface area (Å²) < 4.78 is 0. The van der Waals surface area contributed by atoms with Gasteiger partial charge in [0.05, 0.1) is 5.69 Å². The molecule has 1 saturated carbocycles. The molecule has 0 bridgehead atoms. The topological polar surface area (TPSA) is 59.2 Å². The number of amides is 2. The highest BCUT2D eigenvalue weighted by Gasteiger charge is 2.27. The third kappa shape index (κ3) is 2.57. The Bertz CT molecular complexity index is 607. The van der Waals surface area contributed by atoms with Gasteiger partial charge >= 0.3 is 6.03 Å². The van der Waals surface area contributed by atoms with Crippen LogP contribution in [0.3, 0.4) is 0 Å². The van der Waals surface area contributed by atoms with Crippen molar-refractivity contribution in [3.8, 4) is 0 Å². The molecule has 1 aliphatic rings. The molecule has 0 aliphatic heterocycles. The molecule has 2 amide bonds. The number of nitrogens with zero attached hydrogens (tertiary/aromatic N) is 2. The van der Waals surface area contributed by atoms with E-state index in [4.69, 9.17) is 17.3 Å². The van der Waals surface area contributed by atoms with Crippen LogP contribution in [-0.4, -0.2) is 11.0 Å². The van der Waals surface area contributed by atoms with E-state index in [1.54, 1.807) is 24.3 Å². The average Bonchev–Trinajstić information content (AvgIpc) is 3.12. The van der Waals surface area contributed by atoms with E-state index in [2.05, 4.69) is 4.98 Å². The van der Waals surface area contributed by atoms with Crippen molar-refractivity contribution in [2.24, 2.45) is 5.73 Å². The second kappa shape index (κ2) is 4.83. The van der Waals surface area contributed by atoms with Gasteiger partial charge in [0.2, 0.25) is 0 Å². The quantitative estimate of drug-likeness (QED) is 0.933. The van der Waals surface area contributed by atoms with Gasteiger partial charge in [-0.05, 0) is 43.0 Å². The first-order valence-electron chi connectivity index (χ1n) is 5.96. The van der Waals surface area contributed by atoms with Crippen LogP contribution in [-0.2, 0) is 0 Å². The third-order valence-corrected chi connectivity index (χ3v) is 4.38. The molecular formula is C13H12ClN3OS. The molecule has 19 heavy (non-hydrogen) atoms. The number of carbonyl (C=O) groups is 1. The van der Waals surface area contributed by atoms with Gasteiger partial charge in [-0.25, -0.2) is 14.7 Å². The average molecular weight is 294 g/mol. The number of anilines is 2. The Balaban J connectivity index is 1.95. The van der Waals surface area contributed by atoms with Crippen molar-refractivity contribution >= 4 is 39.8 Å². The maximum atomic E-state index is 11.7. The van der Waals surface area contributed by atoms with Gasteiger partial charge < -0.3 is 5.73 Å². The monoisotopic (exact) mass is 293 g/mol. The molecule has 1 heterocycles. The van der Waals surface area contributed by atoms with E-state index in [0.717, 1.165) is 0 Å². The smallest absolute Gasteiger partial charge is 0.325 e. The zero-order valence-electron chi connectivity index (χ0n) is 10.0. The molecule has 2 N–H and O–H groups in total. The largest absolute Gasteiger partial charge is 0.351 e. The SMILES string of the molecule is NC(=O)N(c1ccc(Cl)cc1)c1ncc(C2CC2)s1. The molecule has 1 aliphatic carbocycles. The summed E-state index contributed by atoms with van der Waals surface area (Å²) in [5.74, 6) is 0.617. The third-order valence-electron chi connectivity index (χ3n) is 2.99. The van der Waals surface area contributed by atoms with Crippen LogP contribution >= 0.6 is 22.9 Å². The summed E-state index contributed by atoms with van der Waals surface area (Å²) in [4.78, 5) is 18.6. The highest BCUT2D eigenvalue weighted by molar-refractivity contribution is 7.16. The second-order valence-corrected chi connectivity index (χ2v) is 5.95. The van der Waals surface area contributed by atoms with Gasteiger partial charge in [0.1, 0.15) is 0 Å². The van der Waals surface area contributed by atoms with Crippen molar-refractivity contribution < 1.29 is 4.79 Å². The Morgan fingerprint density at radius 1 is 1.37 bits per heavy atom. The maximum Gasteiger partial charge on any atom is 0.325 e. The Morgan fingerprint density at radius 3 is 2.63 bits per heavy atom. The van der Waals surface area contributed by atoms with Gasteiger partial charge in [-0.3, -0.25) is 0 Å². The number of halogens is 1. The fourth-order valence-electron chi connectivity index (χ4n) is 1.86. The second-order valence-electron chi connectivity index (χ2n) is 4.47. The molecular weight excluding hydrogens is 282 g/mol. The van der Waals surface area contributed by atoms with Crippen LogP contribution in [0.4, 0.5) is 15.6 Å². The van der Waals surface area contributed by atoms with Gasteiger partial charge in [0.25, 0.3) is 0 Å². The first kappa shape index (κ1) is 12.4. The van der Waals surface area contributed by atoms with Crippen LogP contribution in [0.2, 0.25) is 5.02 Å². The van der Waals surface area contributed by atoms with Crippen molar-refractivity contribution in [3.63, 3.8) is 0 Å². The molecule has 2 aromatic rings. The summed E-state index contributed by atoms with van der Waals surface area (Å²) in [6, 6.07) is 6.42. The molecule has 4 nitrogen and oxygen atoms in total. The number of carbonyl (C=O) groups excluding carboxylic acids is 1. The fraction of sp³-hybridized carbons (Fsp3) is 0.231. The van der Waals surface area contributed by atoms with E-state index in [9.17, 15) is 4.79 Å². The van der Waals surface area contributed by atoms with Crippen molar-refractivity contribution in [1.82, 2.24) is 4.98 Å². The fourth-order valence-corrected chi connectivity index (χ4v) is 3.10. The molecule has 0 spiro atoms. The van der Waals surface area contributed by atoms with E-state index in [-0.39, 0.29) is 0 Å². The lowest BCUT2D eigenvalue weighted by Crippen LogP contribution is -2.31. The number of rotatable bonds is 3. The number of benzene rings is 1. The summed E-state index contributed by atoms with van der Waals surface area (Å²) in [5.41, 5.74) is 6.14. The molecule has 3 rings (SSSR count). The predicted molar refractivity (Wildman–Crippen MR) is 77.3 cm³/mol.